The van der Waals surface area contributed by atoms with Gasteiger partial charge < -0.3 is 18.6 Å². The number of methoxy groups -OCH3 is 2. The van der Waals surface area contributed by atoms with Gasteiger partial charge in [0.15, 0.2) is 16.6 Å². The molecule has 0 aliphatic carbocycles. The van der Waals surface area contributed by atoms with E-state index in [1.54, 1.807) is 26.6 Å². The lowest BCUT2D eigenvalue weighted by atomic mass is 9.99. The first-order valence-electron chi connectivity index (χ1n) is 10.8. The molecule has 0 fully saturated rings. The van der Waals surface area contributed by atoms with Crippen LogP contribution in [0.15, 0.2) is 52.5 Å². The molecule has 4 aromatic rings. The molecule has 7 nitrogen and oxygen atoms in total. The molecule has 8 heteroatoms. The Bertz CT molecular complexity index is 1370. The summed E-state index contributed by atoms with van der Waals surface area (Å²) in [4.78, 5) is 16.9. The van der Waals surface area contributed by atoms with E-state index in [1.807, 2.05) is 56.5 Å². The number of allylic oxidation sites excluding steroid dienone is 1. The minimum atomic E-state index is -0.248. The summed E-state index contributed by atoms with van der Waals surface area (Å²) in [5.41, 5.74) is 4.94. The number of nitrogens with one attached hydrogen (secondary N) is 1. The van der Waals surface area contributed by atoms with Gasteiger partial charge >= 0.3 is 0 Å². The Labute approximate surface area is 202 Å². The van der Waals surface area contributed by atoms with Gasteiger partial charge in [-0.05, 0) is 50.1 Å². The minimum Gasteiger partial charge on any atom is -0.493 e. The third kappa shape index (κ3) is 4.77. The standard InChI is InChI=1S/C26H26N2O5S/c1-6-32-22-12-23-19(20(13-33-23)17-7-8-21(30-4)24(10-17)31-5)11-18(22)15(2)9-25(29)28-26-27-16(3)14-34-26/h7-14H,6H2,1-5H3,(H,27,28,29)/b15-9+. The molecule has 176 valence electrons. The predicted octanol–water partition coefficient (Wildman–Crippen LogP) is 6.32. The van der Waals surface area contributed by atoms with Crippen molar-refractivity contribution < 1.29 is 23.4 Å². The number of carbonyl (C=O) groups excluding carboxylic acids is 1. The fraction of sp³-hybridized carbons (Fsp3) is 0.231. The maximum Gasteiger partial charge on any atom is 0.250 e. The topological polar surface area (TPSA) is 82.8 Å². The number of amides is 1. The average Bonchev–Trinajstić information content (AvgIpc) is 3.43. The fourth-order valence-corrected chi connectivity index (χ4v) is 4.38. The number of rotatable bonds is 8. The molecular weight excluding hydrogens is 452 g/mol. The molecule has 0 saturated heterocycles. The van der Waals surface area contributed by atoms with Crippen molar-refractivity contribution in [1.82, 2.24) is 4.98 Å². The number of hydrogen-bond acceptors (Lipinski definition) is 7. The van der Waals surface area contributed by atoms with E-state index in [2.05, 4.69) is 10.3 Å². The quantitative estimate of drug-likeness (QED) is 0.298. The third-order valence-electron chi connectivity index (χ3n) is 5.29. The first-order chi connectivity index (χ1) is 16.4. The molecular formula is C26H26N2O5S. The Morgan fingerprint density at radius 1 is 1.15 bits per heavy atom. The van der Waals surface area contributed by atoms with Crippen LogP contribution in [0, 0.1) is 6.92 Å². The van der Waals surface area contributed by atoms with Gasteiger partial charge in [0.05, 0.1) is 32.8 Å². The Balaban J connectivity index is 1.75. The van der Waals surface area contributed by atoms with Crippen molar-refractivity contribution in [1.29, 1.82) is 0 Å². The molecule has 0 atom stereocenters. The van der Waals surface area contributed by atoms with E-state index in [0.717, 1.165) is 33.3 Å². The summed E-state index contributed by atoms with van der Waals surface area (Å²) in [6.07, 6.45) is 3.26. The highest BCUT2D eigenvalue weighted by atomic mass is 32.1. The van der Waals surface area contributed by atoms with Crippen LogP contribution in [0.3, 0.4) is 0 Å². The summed E-state index contributed by atoms with van der Waals surface area (Å²) < 4.78 is 22.5. The first-order valence-corrected chi connectivity index (χ1v) is 11.6. The van der Waals surface area contributed by atoms with Crippen LogP contribution >= 0.6 is 11.3 Å². The van der Waals surface area contributed by atoms with Crippen molar-refractivity contribution in [3.8, 4) is 28.4 Å². The van der Waals surface area contributed by atoms with Gasteiger partial charge in [-0.25, -0.2) is 4.98 Å². The molecule has 0 bridgehead atoms. The number of thiazole rings is 1. The number of anilines is 1. The van der Waals surface area contributed by atoms with Crippen molar-refractivity contribution in [2.75, 3.05) is 26.1 Å². The van der Waals surface area contributed by atoms with E-state index in [9.17, 15) is 4.79 Å². The number of ether oxygens (including phenoxy) is 3. The zero-order valence-electron chi connectivity index (χ0n) is 19.7. The predicted molar refractivity (Wildman–Crippen MR) is 135 cm³/mol. The van der Waals surface area contributed by atoms with Crippen molar-refractivity contribution in [3.05, 3.63) is 59.3 Å². The number of furan rings is 1. The van der Waals surface area contributed by atoms with Crippen molar-refractivity contribution >= 4 is 38.9 Å². The molecule has 2 aromatic heterocycles. The summed E-state index contributed by atoms with van der Waals surface area (Å²) in [5.74, 6) is 1.68. The Hall–Kier alpha value is -3.78. The van der Waals surface area contributed by atoms with E-state index in [-0.39, 0.29) is 5.91 Å². The second-order valence-corrected chi connectivity index (χ2v) is 8.47. The zero-order chi connectivity index (χ0) is 24.2. The Morgan fingerprint density at radius 3 is 2.62 bits per heavy atom. The minimum absolute atomic E-state index is 0.248. The second-order valence-electron chi connectivity index (χ2n) is 7.61. The SMILES string of the molecule is CCOc1cc2occ(-c3ccc(OC)c(OC)c3)c2cc1/C(C)=C/C(=O)Nc1nc(C)cs1. The van der Waals surface area contributed by atoms with Gasteiger partial charge in [0.25, 0.3) is 0 Å². The van der Waals surface area contributed by atoms with Crippen LogP contribution < -0.4 is 19.5 Å². The number of benzene rings is 2. The van der Waals surface area contributed by atoms with Gasteiger partial charge in [0, 0.05) is 34.0 Å². The lowest BCUT2D eigenvalue weighted by Gasteiger charge is -2.12. The van der Waals surface area contributed by atoms with Crippen LogP contribution in [0.25, 0.3) is 27.7 Å². The summed E-state index contributed by atoms with van der Waals surface area (Å²) in [6.45, 7) is 6.17. The highest BCUT2D eigenvalue weighted by Gasteiger charge is 2.17. The maximum atomic E-state index is 12.6. The van der Waals surface area contributed by atoms with E-state index < -0.39 is 0 Å². The third-order valence-corrected chi connectivity index (χ3v) is 6.17. The molecule has 34 heavy (non-hydrogen) atoms. The van der Waals surface area contributed by atoms with Crippen LogP contribution in [0.5, 0.6) is 17.2 Å². The van der Waals surface area contributed by atoms with E-state index in [0.29, 0.717) is 34.6 Å². The van der Waals surface area contributed by atoms with Crippen LogP contribution in [-0.2, 0) is 4.79 Å². The molecule has 2 aromatic carbocycles. The average molecular weight is 479 g/mol. The monoisotopic (exact) mass is 478 g/mol. The smallest absolute Gasteiger partial charge is 0.250 e. The van der Waals surface area contributed by atoms with E-state index >= 15 is 0 Å². The molecule has 0 saturated carbocycles. The molecule has 2 heterocycles. The molecule has 0 aliphatic rings. The van der Waals surface area contributed by atoms with Gasteiger partial charge in [-0.1, -0.05) is 6.07 Å². The maximum absolute atomic E-state index is 12.6. The molecule has 4 rings (SSSR count). The number of aromatic nitrogens is 1. The van der Waals surface area contributed by atoms with Crippen LogP contribution in [0.2, 0.25) is 0 Å². The largest absolute Gasteiger partial charge is 0.493 e. The van der Waals surface area contributed by atoms with Crippen LogP contribution in [-0.4, -0.2) is 31.7 Å². The lowest BCUT2D eigenvalue weighted by Crippen LogP contribution is -2.08. The van der Waals surface area contributed by atoms with Crippen LogP contribution in [0.4, 0.5) is 5.13 Å². The van der Waals surface area contributed by atoms with Gasteiger partial charge in [-0.2, -0.15) is 0 Å². The summed E-state index contributed by atoms with van der Waals surface area (Å²) in [7, 11) is 3.21. The summed E-state index contributed by atoms with van der Waals surface area (Å²) >= 11 is 1.39. The van der Waals surface area contributed by atoms with Crippen LogP contribution in [0.1, 0.15) is 25.1 Å². The highest BCUT2D eigenvalue weighted by Crippen LogP contribution is 2.40. The van der Waals surface area contributed by atoms with Crippen molar-refractivity contribution in [2.45, 2.75) is 20.8 Å². The number of carbonyl (C=O) groups is 1. The lowest BCUT2D eigenvalue weighted by molar-refractivity contribution is -0.111. The van der Waals surface area contributed by atoms with Crippen molar-refractivity contribution in [3.63, 3.8) is 0 Å². The number of aryl methyl sites for hydroxylation is 1. The number of hydrogen-bond donors (Lipinski definition) is 1. The zero-order valence-corrected chi connectivity index (χ0v) is 20.5. The first kappa shape index (κ1) is 23.4. The fourth-order valence-electron chi connectivity index (χ4n) is 3.69. The summed E-state index contributed by atoms with van der Waals surface area (Å²) in [6, 6.07) is 9.57. The molecule has 0 unspecified atom stereocenters. The van der Waals surface area contributed by atoms with Crippen molar-refractivity contribution in [2.24, 2.45) is 0 Å². The number of nitrogens with zero attached hydrogens (tertiary/aromatic N) is 1. The van der Waals surface area contributed by atoms with Gasteiger partial charge in [-0.3, -0.25) is 10.1 Å². The summed E-state index contributed by atoms with van der Waals surface area (Å²) in [5, 5.41) is 6.17. The van der Waals surface area contributed by atoms with E-state index in [4.69, 9.17) is 18.6 Å². The van der Waals surface area contributed by atoms with Gasteiger partial charge in [-0.15, -0.1) is 11.3 Å². The second kappa shape index (κ2) is 10.0. The molecule has 0 radical (unpaired) electrons. The highest BCUT2D eigenvalue weighted by molar-refractivity contribution is 7.13. The number of fused-ring (bicyclic) bond motifs is 1. The van der Waals surface area contributed by atoms with Gasteiger partial charge in [0.1, 0.15) is 11.3 Å². The molecule has 1 amide bonds. The molecule has 0 spiro atoms. The van der Waals surface area contributed by atoms with Gasteiger partial charge in [0.2, 0.25) is 5.91 Å². The Morgan fingerprint density at radius 2 is 1.94 bits per heavy atom. The Kier molecular flexibility index (Phi) is 6.88. The molecule has 0 aliphatic heterocycles. The van der Waals surface area contributed by atoms with E-state index in [1.165, 1.54) is 11.3 Å². The molecule has 1 N–H and O–H groups in total. The normalized spacial score (nSPS) is 11.5.